The highest BCUT2D eigenvalue weighted by atomic mass is 31.2. The van der Waals surface area contributed by atoms with Crippen LogP contribution in [0.1, 0.15) is 0 Å². The maximum absolute atomic E-state index is 14.3. The van der Waals surface area contributed by atoms with Gasteiger partial charge in [-0.1, -0.05) is 78.9 Å². The Labute approximate surface area is 152 Å². The topological polar surface area (TPSA) is 52.6 Å². The molecule has 1 unspecified atom stereocenters. The Hall–Kier alpha value is -2.84. The Morgan fingerprint density at radius 1 is 0.769 bits per heavy atom. The molecule has 0 saturated heterocycles. The van der Waals surface area contributed by atoms with Crippen molar-refractivity contribution in [3.05, 3.63) is 91.0 Å². The van der Waals surface area contributed by atoms with E-state index in [-0.39, 0.29) is 0 Å². The number of esters is 1. The van der Waals surface area contributed by atoms with Crippen molar-refractivity contribution in [3.8, 4) is 5.75 Å². The van der Waals surface area contributed by atoms with Crippen molar-refractivity contribution in [2.45, 2.75) is 5.85 Å². The standard InChI is InChI=1S/C21H19O4P/c1-24-20(22)21(25-17-11-5-2-6-12-17)26(23,18-13-7-3-8-14-18)19-15-9-4-10-16-19/h2-16,21H,1H3. The number of carbonyl (C=O) groups is 1. The second kappa shape index (κ2) is 8.03. The van der Waals surface area contributed by atoms with E-state index < -0.39 is 19.0 Å². The molecular weight excluding hydrogens is 347 g/mol. The van der Waals surface area contributed by atoms with Crippen molar-refractivity contribution >= 4 is 23.7 Å². The predicted molar refractivity (Wildman–Crippen MR) is 103 cm³/mol. The van der Waals surface area contributed by atoms with Gasteiger partial charge in [-0.2, -0.15) is 0 Å². The van der Waals surface area contributed by atoms with E-state index in [1.807, 2.05) is 18.2 Å². The summed E-state index contributed by atoms with van der Waals surface area (Å²) in [6.07, 6.45) is 0. The smallest absolute Gasteiger partial charge is 0.355 e. The van der Waals surface area contributed by atoms with Crippen LogP contribution in [0.15, 0.2) is 91.0 Å². The van der Waals surface area contributed by atoms with Gasteiger partial charge in [0.2, 0.25) is 0 Å². The molecule has 5 heteroatoms. The van der Waals surface area contributed by atoms with E-state index in [0.29, 0.717) is 16.4 Å². The minimum Gasteiger partial charge on any atom is -0.470 e. The molecule has 3 aromatic carbocycles. The van der Waals surface area contributed by atoms with Gasteiger partial charge in [0, 0.05) is 10.6 Å². The van der Waals surface area contributed by atoms with Crippen LogP contribution < -0.4 is 15.3 Å². The average Bonchev–Trinajstić information content (AvgIpc) is 2.73. The normalized spacial score (nSPS) is 12.2. The molecule has 0 aliphatic carbocycles. The number of ether oxygens (including phenoxy) is 2. The van der Waals surface area contributed by atoms with Gasteiger partial charge in [-0.05, 0) is 12.1 Å². The molecule has 0 amide bonds. The molecule has 0 aromatic heterocycles. The van der Waals surface area contributed by atoms with Crippen molar-refractivity contribution in [3.63, 3.8) is 0 Å². The maximum Gasteiger partial charge on any atom is 0.355 e. The molecule has 3 aromatic rings. The fourth-order valence-electron chi connectivity index (χ4n) is 2.72. The summed E-state index contributed by atoms with van der Waals surface area (Å²) in [5.74, 6) is -1.50. The quantitative estimate of drug-likeness (QED) is 0.494. The summed E-state index contributed by atoms with van der Waals surface area (Å²) in [5, 5.41) is 1.08. The van der Waals surface area contributed by atoms with E-state index >= 15 is 0 Å². The Morgan fingerprint density at radius 3 is 1.62 bits per heavy atom. The second-order valence-corrected chi connectivity index (χ2v) is 8.45. The van der Waals surface area contributed by atoms with Crippen LogP contribution in [0.4, 0.5) is 0 Å². The van der Waals surface area contributed by atoms with Gasteiger partial charge in [-0.25, -0.2) is 4.79 Å². The monoisotopic (exact) mass is 366 g/mol. The van der Waals surface area contributed by atoms with Gasteiger partial charge < -0.3 is 14.0 Å². The Balaban J connectivity index is 2.17. The molecule has 0 N–H and O–H groups in total. The van der Waals surface area contributed by atoms with Gasteiger partial charge in [0.15, 0.2) is 7.14 Å². The Kier molecular flexibility index (Phi) is 5.55. The van der Waals surface area contributed by atoms with E-state index in [9.17, 15) is 9.36 Å². The number of methoxy groups -OCH3 is 1. The first-order chi connectivity index (χ1) is 12.7. The first-order valence-corrected chi connectivity index (χ1v) is 9.94. The lowest BCUT2D eigenvalue weighted by molar-refractivity contribution is -0.144. The highest BCUT2D eigenvalue weighted by molar-refractivity contribution is 7.79. The lowest BCUT2D eigenvalue weighted by Gasteiger charge is -2.27. The second-order valence-electron chi connectivity index (χ2n) is 5.64. The molecule has 4 nitrogen and oxygen atoms in total. The summed E-state index contributed by atoms with van der Waals surface area (Å²) >= 11 is 0. The van der Waals surface area contributed by atoms with Gasteiger partial charge in [0.05, 0.1) is 7.11 Å². The number of benzene rings is 3. The van der Waals surface area contributed by atoms with Gasteiger partial charge in [0.1, 0.15) is 5.75 Å². The zero-order valence-corrected chi connectivity index (χ0v) is 15.2. The van der Waals surface area contributed by atoms with Gasteiger partial charge in [-0.15, -0.1) is 0 Å². The molecule has 26 heavy (non-hydrogen) atoms. The summed E-state index contributed by atoms with van der Waals surface area (Å²) < 4.78 is 25.1. The van der Waals surface area contributed by atoms with Gasteiger partial charge in [-0.3, -0.25) is 0 Å². The molecule has 0 heterocycles. The summed E-state index contributed by atoms with van der Waals surface area (Å²) in [6.45, 7) is 0. The average molecular weight is 366 g/mol. The van der Waals surface area contributed by atoms with Gasteiger partial charge >= 0.3 is 5.97 Å². The molecule has 0 saturated carbocycles. The third-order valence-corrected chi connectivity index (χ3v) is 7.11. The molecule has 0 fully saturated rings. The van der Waals surface area contributed by atoms with Crippen LogP contribution in [0.2, 0.25) is 0 Å². The van der Waals surface area contributed by atoms with Gasteiger partial charge in [0.25, 0.3) is 5.85 Å². The predicted octanol–water partition coefficient (Wildman–Crippen LogP) is 3.58. The molecule has 1 atom stereocenters. The molecular formula is C21H19O4P. The Bertz CT molecular complexity index is 852. The molecule has 0 aliphatic rings. The highest BCUT2D eigenvalue weighted by Crippen LogP contribution is 2.49. The van der Waals surface area contributed by atoms with E-state index in [2.05, 4.69) is 0 Å². The maximum atomic E-state index is 14.3. The van der Waals surface area contributed by atoms with E-state index in [0.717, 1.165) is 0 Å². The number of hydrogen-bond donors (Lipinski definition) is 0. The first-order valence-electron chi connectivity index (χ1n) is 8.17. The number of hydrogen-bond acceptors (Lipinski definition) is 4. The molecule has 132 valence electrons. The zero-order valence-electron chi connectivity index (χ0n) is 14.3. The molecule has 0 radical (unpaired) electrons. The fraction of sp³-hybridized carbons (Fsp3) is 0.0952. The van der Waals surface area contributed by atoms with Crippen LogP contribution >= 0.6 is 7.14 Å². The van der Waals surface area contributed by atoms with Crippen molar-refractivity contribution in [1.29, 1.82) is 0 Å². The van der Waals surface area contributed by atoms with Crippen molar-refractivity contribution in [2.24, 2.45) is 0 Å². The van der Waals surface area contributed by atoms with Crippen LogP contribution in [0, 0.1) is 0 Å². The number of rotatable bonds is 6. The van der Waals surface area contributed by atoms with Crippen LogP contribution in [0.3, 0.4) is 0 Å². The summed E-state index contributed by atoms with van der Waals surface area (Å²) in [6, 6.07) is 26.7. The molecule has 0 spiro atoms. The summed E-state index contributed by atoms with van der Waals surface area (Å²) in [7, 11) is -2.20. The molecule has 3 rings (SSSR count). The summed E-state index contributed by atoms with van der Waals surface area (Å²) in [5.41, 5.74) is 0. The van der Waals surface area contributed by atoms with Crippen molar-refractivity contribution in [1.82, 2.24) is 0 Å². The fourth-order valence-corrected chi connectivity index (χ4v) is 5.46. The van der Waals surface area contributed by atoms with Crippen LogP contribution in [0.25, 0.3) is 0 Å². The minimum absolute atomic E-state index is 0.454. The van der Waals surface area contributed by atoms with Crippen LogP contribution in [-0.2, 0) is 14.1 Å². The van der Waals surface area contributed by atoms with Crippen molar-refractivity contribution in [2.75, 3.05) is 7.11 Å². The third kappa shape index (κ3) is 3.56. The zero-order chi connectivity index (χ0) is 18.4. The SMILES string of the molecule is COC(=O)C(Oc1ccccc1)P(=O)(c1ccccc1)c1ccccc1. The van der Waals surface area contributed by atoms with E-state index in [4.69, 9.17) is 9.47 Å². The lowest BCUT2D eigenvalue weighted by atomic mass is 10.3. The molecule has 0 aliphatic heterocycles. The minimum atomic E-state index is -3.47. The van der Waals surface area contributed by atoms with Crippen molar-refractivity contribution < 1.29 is 18.8 Å². The first kappa shape index (κ1) is 18.0. The molecule has 0 bridgehead atoms. The van der Waals surface area contributed by atoms with E-state index in [1.54, 1.807) is 72.8 Å². The Morgan fingerprint density at radius 2 is 1.19 bits per heavy atom. The van der Waals surface area contributed by atoms with Crippen LogP contribution in [-0.4, -0.2) is 18.9 Å². The lowest BCUT2D eigenvalue weighted by Crippen LogP contribution is -2.36. The highest BCUT2D eigenvalue weighted by Gasteiger charge is 2.44. The summed E-state index contributed by atoms with van der Waals surface area (Å²) in [4.78, 5) is 12.6. The number of para-hydroxylation sites is 1. The largest absolute Gasteiger partial charge is 0.470 e. The van der Waals surface area contributed by atoms with E-state index in [1.165, 1.54) is 7.11 Å². The number of carbonyl (C=O) groups excluding carboxylic acids is 1. The van der Waals surface area contributed by atoms with Crippen LogP contribution in [0.5, 0.6) is 5.75 Å². The third-order valence-electron chi connectivity index (χ3n) is 4.00.